The van der Waals surface area contributed by atoms with E-state index in [1.54, 1.807) is 12.1 Å². The highest BCUT2D eigenvalue weighted by atomic mass is 16.6. The standard InChI is InChI=1S/C12H12O4/c1-6-3-4-8(5-7(6)2)9(13)10-11(16-10)12(14)15/h3-5,10-11H,1-2H3,(H,14,15). The molecule has 4 nitrogen and oxygen atoms in total. The number of hydrogen-bond acceptors (Lipinski definition) is 3. The molecule has 1 aromatic rings. The molecule has 0 aromatic heterocycles. The largest absolute Gasteiger partial charge is 0.479 e. The van der Waals surface area contributed by atoms with Gasteiger partial charge in [-0.25, -0.2) is 4.79 Å². The second-order valence-electron chi connectivity index (χ2n) is 3.98. The Morgan fingerprint density at radius 3 is 2.38 bits per heavy atom. The van der Waals surface area contributed by atoms with Crippen LogP contribution < -0.4 is 0 Å². The number of aryl methyl sites for hydroxylation is 2. The molecule has 0 aliphatic carbocycles. The number of aliphatic carboxylic acids is 1. The predicted molar refractivity (Wildman–Crippen MR) is 56.5 cm³/mol. The second-order valence-corrected chi connectivity index (χ2v) is 3.98. The molecule has 16 heavy (non-hydrogen) atoms. The molecule has 1 aliphatic rings. The van der Waals surface area contributed by atoms with E-state index in [-0.39, 0.29) is 5.78 Å². The molecule has 0 bridgehead atoms. The summed E-state index contributed by atoms with van der Waals surface area (Å²) in [5.74, 6) is -1.34. The van der Waals surface area contributed by atoms with E-state index >= 15 is 0 Å². The van der Waals surface area contributed by atoms with Crippen LogP contribution in [0.5, 0.6) is 0 Å². The van der Waals surface area contributed by atoms with Crippen molar-refractivity contribution in [2.75, 3.05) is 0 Å². The minimum Gasteiger partial charge on any atom is -0.479 e. The molecule has 2 rings (SSSR count). The first-order valence-electron chi connectivity index (χ1n) is 5.00. The molecule has 1 heterocycles. The summed E-state index contributed by atoms with van der Waals surface area (Å²) in [5.41, 5.74) is 2.62. The maximum absolute atomic E-state index is 11.8. The summed E-state index contributed by atoms with van der Waals surface area (Å²) < 4.78 is 4.82. The Hall–Kier alpha value is -1.68. The van der Waals surface area contributed by atoms with Gasteiger partial charge in [0.2, 0.25) is 0 Å². The Morgan fingerprint density at radius 1 is 1.19 bits per heavy atom. The van der Waals surface area contributed by atoms with Gasteiger partial charge in [-0.05, 0) is 31.0 Å². The minimum absolute atomic E-state index is 0.254. The monoisotopic (exact) mass is 220 g/mol. The Labute approximate surface area is 92.8 Å². The van der Waals surface area contributed by atoms with Crippen molar-refractivity contribution in [2.45, 2.75) is 26.1 Å². The number of carbonyl (C=O) groups excluding carboxylic acids is 1. The van der Waals surface area contributed by atoms with Gasteiger partial charge < -0.3 is 9.84 Å². The lowest BCUT2D eigenvalue weighted by Gasteiger charge is -2.02. The van der Waals surface area contributed by atoms with Gasteiger partial charge in [-0.3, -0.25) is 4.79 Å². The topological polar surface area (TPSA) is 66.9 Å². The molecule has 1 saturated heterocycles. The van der Waals surface area contributed by atoms with E-state index in [1.165, 1.54) is 0 Å². The van der Waals surface area contributed by atoms with Gasteiger partial charge in [0, 0.05) is 5.56 Å². The Balaban J connectivity index is 2.17. The highest BCUT2D eigenvalue weighted by molar-refractivity contribution is 6.04. The quantitative estimate of drug-likeness (QED) is 0.616. The number of epoxide rings is 1. The summed E-state index contributed by atoms with van der Waals surface area (Å²) in [4.78, 5) is 22.3. The molecule has 0 amide bonds. The molecular weight excluding hydrogens is 208 g/mol. The van der Waals surface area contributed by atoms with Gasteiger partial charge in [0.05, 0.1) is 0 Å². The molecule has 4 heteroatoms. The van der Waals surface area contributed by atoms with E-state index < -0.39 is 18.2 Å². The van der Waals surface area contributed by atoms with Crippen LogP contribution >= 0.6 is 0 Å². The van der Waals surface area contributed by atoms with Crippen LogP contribution in [0.25, 0.3) is 0 Å². The van der Waals surface area contributed by atoms with E-state index in [0.717, 1.165) is 11.1 Å². The second kappa shape index (κ2) is 3.72. The van der Waals surface area contributed by atoms with Gasteiger partial charge in [0.25, 0.3) is 0 Å². The fraction of sp³-hybridized carbons (Fsp3) is 0.333. The highest BCUT2D eigenvalue weighted by Gasteiger charge is 2.50. The molecule has 0 saturated carbocycles. The first-order valence-corrected chi connectivity index (χ1v) is 5.00. The molecule has 1 N–H and O–H groups in total. The van der Waals surface area contributed by atoms with Gasteiger partial charge in [-0.1, -0.05) is 12.1 Å². The summed E-state index contributed by atoms with van der Waals surface area (Å²) in [6.07, 6.45) is -1.77. The SMILES string of the molecule is Cc1ccc(C(=O)C2OC2C(=O)O)cc1C. The fourth-order valence-corrected chi connectivity index (χ4v) is 1.56. The Bertz CT molecular complexity index is 464. The average molecular weight is 220 g/mol. The molecule has 1 aromatic carbocycles. The third-order valence-electron chi connectivity index (χ3n) is 2.78. The van der Waals surface area contributed by atoms with Crippen LogP contribution in [0.3, 0.4) is 0 Å². The predicted octanol–water partition coefficient (Wildman–Crippen LogP) is 1.34. The van der Waals surface area contributed by atoms with Crippen molar-refractivity contribution in [3.05, 3.63) is 34.9 Å². The molecule has 0 spiro atoms. The van der Waals surface area contributed by atoms with Crippen LogP contribution in [-0.4, -0.2) is 29.1 Å². The van der Waals surface area contributed by atoms with Crippen molar-refractivity contribution < 1.29 is 19.4 Å². The number of carboxylic acids is 1. The van der Waals surface area contributed by atoms with Crippen LogP contribution in [0.1, 0.15) is 21.5 Å². The summed E-state index contributed by atoms with van der Waals surface area (Å²) >= 11 is 0. The Morgan fingerprint density at radius 2 is 1.88 bits per heavy atom. The molecule has 84 valence electrons. The number of ether oxygens (including phenoxy) is 1. The third kappa shape index (κ3) is 1.84. The minimum atomic E-state index is -1.08. The van der Waals surface area contributed by atoms with E-state index in [2.05, 4.69) is 0 Å². The zero-order valence-corrected chi connectivity index (χ0v) is 9.06. The summed E-state index contributed by atoms with van der Waals surface area (Å²) in [7, 11) is 0. The molecule has 1 aliphatic heterocycles. The van der Waals surface area contributed by atoms with E-state index in [9.17, 15) is 9.59 Å². The molecule has 2 atom stereocenters. The first kappa shape index (κ1) is 10.8. The summed E-state index contributed by atoms with van der Waals surface area (Å²) in [5, 5.41) is 8.64. The Kier molecular flexibility index (Phi) is 2.52. The average Bonchev–Trinajstić information content (AvgIpc) is 3.01. The van der Waals surface area contributed by atoms with Gasteiger partial charge in [-0.15, -0.1) is 0 Å². The van der Waals surface area contributed by atoms with Crippen molar-refractivity contribution in [1.29, 1.82) is 0 Å². The molecule has 0 radical (unpaired) electrons. The van der Waals surface area contributed by atoms with Crippen molar-refractivity contribution in [1.82, 2.24) is 0 Å². The zero-order valence-electron chi connectivity index (χ0n) is 9.06. The first-order chi connectivity index (χ1) is 7.50. The van der Waals surface area contributed by atoms with Gasteiger partial charge in [-0.2, -0.15) is 0 Å². The lowest BCUT2D eigenvalue weighted by atomic mass is 10.0. The number of carbonyl (C=O) groups is 2. The van der Waals surface area contributed by atoms with Crippen molar-refractivity contribution in [3.63, 3.8) is 0 Å². The van der Waals surface area contributed by atoms with E-state index in [1.807, 2.05) is 19.9 Å². The van der Waals surface area contributed by atoms with Gasteiger partial charge in [0.1, 0.15) is 0 Å². The van der Waals surface area contributed by atoms with Gasteiger partial charge in [0.15, 0.2) is 18.0 Å². The van der Waals surface area contributed by atoms with E-state index in [4.69, 9.17) is 9.84 Å². The lowest BCUT2D eigenvalue weighted by Crippen LogP contribution is -2.16. The smallest absolute Gasteiger partial charge is 0.336 e. The number of carboxylic acid groups (broad SMARTS) is 1. The van der Waals surface area contributed by atoms with Crippen molar-refractivity contribution in [2.24, 2.45) is 0 Å². The fourth-order valence-electron chi connectivity index (χ4n) is 1.56. The highest BCUT2D eigenvalue weighted by Crippen LogP contribution is 2.26. The van der Waals surface area contributed by atoms with Crippen LogP contribution in [-0.2, 0) is 9.53 Å². The number of ketones is 1. The maximum Gasteiger partial charge on any atom is 0.336 e. The summed E-state index contributed by atoms with van der Waals surface area (Å²) in [6, 6.07) is 5.31. The van der Waals surface area contributed by atoms with Crippen molar-refractivity contribution in [3.8, 4) is 0 Å². The van der Waals surface area contributed by atoms with Crippen LogP contribution in [0.2, 0.25) is 0 Å². The number of Topliss-reactive ketones (excluding diaryl/α,β-unsaturated/α-hetero) is 1. The molecule has 2 unspecified atom stereocenters. The van der Waals surface area contributed by atoms with Gasteiger partial charge >= 0.3 is 5.97 Å². The summed E-state index contributed by atoms with van der Waals surface area (Å²) in [6.45, 7) is 3.87. The molecule has 1 fully saturated rings. The molecular formula is C12H12O4. The number of hydrogen-bond donors (Lipinski definition) is 1. The van der Waals surface area contributed by atoms with Crippen LogP contribution in [0.4, 0.5) is 0 Å². The van der Waals surface area contributed by atoms with Crippen LogP contribution in [0, 0.1) is 13.8 Å². The maximum atomic E-state index is 11.8. The third-order valence-corrected chi connectivity index (χ3v) is 2.78. The number of rotatable bonds is 3. The number of benzene rings is 1. The van der Waals surface area contributed by atoms with Crippen molar-refractivity contribution >= 4 is 11.8 Å². The van der Waals surface area contributed by atoms with E-state index in [0.29, 0.717) is 5.56 Å². The zero-order chi connectivity index (χ0) is 11.9. The lowest BCUT2D eigenvalue weighted by molar-refractivity contribution is -0.138. The normalized spacial score (nSPS) is 22.9. The van der Waals surface area contributed by atoms with Crippen LogP contribution in [0.15, 0.2) is 18.2 Å².